The molecule has 0 aliphatic carbocycles. The molecule has 3 nitrogen and oxygen atoms in total. The van der Waals surface area contributed by atoms with Crippen LogP contribution in [-0.4, -0.2) is 24.7 Å². The first kappa shape index (κ1) is 14.3. The molecule has 0 atom stereocenters. The molecule has 102 valence electrons. The highest BCUT2D eigenvalue weighted by molar-refractivity contribution is 6.31. The van der Waals surface area contributed by atoms with E-state index in [4.69, 9.17) is 28.9 Å². The predicted molar refractivity (Wildman–Crippen MR) is 77.9 cm³/mol. The van der Waals surface area contributed by atoms with Gasteiger partial charge in [0, 0.05) is 12.2 Å². The van der Waals surface area contributed by atoms with Crippen LogP contribution in [0, 0.1) is 5.82 Å². The number of nitrogens with two attached hydrogens (primary N) is 1. The minimum atomic E-state index is -0.455. The lowest BCUT2D eigenvalue weighted by Crippen LogP contribution is -2.33. The number of benzene rings is 1. The fraction of sp³-hybridized carbons (Fsp3) is 0.308. The van der Waals surface area contributed by atoms with Gasteiger partial charge < -0.3 is 11.1 Å². The monoisotopic (exact) mass is 301 g/mol. The minimum Gasteiger partial charge on any atom is -0.401 e. The third-order valence-corrected chi connectivity index (χ3v) is 3.47. The number of hydrogen-bond donors (Lipinski definition) is 2. The van der Waals surface area contributed by atoms with Crippen molar-refractivity contribution in [2.24, 2.45) is 10.7 Å². The summed E-state index contributed by atoms with van der Waals surface area (Å²) in [5.41, 5.74) is 8.93. The molecule has 0 radical (unpaired) electrons. The molecule has 0 bridgehead atoms. The Kier molecular flexibility index (Phi) is 4.80. The average molecular weight is 302 g/mol. The van der Waals surface area contributed by atoms with E-state index in [1.54, 1.807) is 6.07 Å². The van der Waals surface area contributed by atoms with Crippen LogP contribution < -0.4 is 11.1 Å². The van der Waals surface area contributed by atoms with E-state index in [-0.39, 0.29) is 10.9 Å². The summed E-state index contributed by atoms with van der Waals surface area (Å²) in [6.07, 6.45) is 0.784. The van der Waals surface area contributed by atoms with Gasteiger partial charge in [-0.05, 0) is 36.7 Å². The molecule has 1 fully saturated rings. The highest BCUT2D eigenvalue weighted by Crippen LogP contribution is 2.23. The summed E-state index contributed by atoms with van der Waals surface area (Å²) in [5.74, 6) is -0.179. The molecule has 0 saturated carbocycles. The van der Waals surface area contributed by atoms with Gasteiger partial charge in [0.1, 0.15) is 5.82 Å². The summed E-state index contributed by atoms with van der Waals surface area (Å²) in [7, 11) is 0. The van der Waals surface area contributed by atoms with E-state index in [1.165, 1.54) is 12.1 Å². The second-order valence-electron chi connectivity index (χ2n) is 4.22. The van der Waals surface area contributed by atoms with E-state index in [2.05, 4.69) is 10.3 Å². The Labute approximate surface area is 121 Å². The fourth-order valence-corrected chi connectivity index (χ4v) is 2.25. The Balaban J connectivity index is 2.36. The van der Waals surface area contributed by atoms with Crippen molar-refractivity contribution < 1.29 is 4.39 Å². The van der Waals surface area contributed by atoms with Crippen molar-refractivity contribution in [1.29, 1.82) is 0 Å². The molecule has 3 N–H and O–H groups in total. The van der Waals surface area contributed by atoms with Crippen LogP contribution in [0.1, 0.15) is 6.42 Å². The van der Waals surface area contributed by atoms with Gasteiger partial charge in [-0.25, -0.2) is 4.39 Å². The van der Waals surface area contributed by atoms with Gasteiger partial charge in [0.15, 0.2) is 0 Å². The van der Waals surface area contributed by atoms with E-state index >= 15 is 0 Å². The first-order valence-corrected chi connectivity index (χ1v) is 6.80. The normalized spacial score (nSPS) is 20.7. The highest BCUT2D eigenvalue weighted by Gasteiger charge is 2.16. The first-order chi connectivity index (χ1) is 9.11. The number of nitrogens with zero attached hydrogens (tertiary/aromatic N) is 1. The van der Waals surface area contributed by atoms with E-state index in [1.807, 2.05) is 0 Å². The average Bonchev–Trinajstić information content (AvgIpc) is 2.43. The zero-order chi connectivity index (χ0) is 13.8. The summed E-state index contributed by atoms with van der Waals surface area (Å²) in [5, 5.41) is 3.28. The van der Waals surface area contributed by atoms with Crippen molar-refractivity contribution >= 4 is 34.6 Å². The lowest BCUT2D eigenvalue weighted by Gasteiger charge is -2.20. The Morgan fingerprint density at radius 1 is 1.47 bits per heavy atom. The Bertz CT molecular complexity index is 541. The van der Waals surface area contributed by atoms with Gasteiger partial charge in [0.2, 0.25) is 0 Å². The van der Waals surface area contributed by atoms with Crippen LogP contribution in [0.2, 0.25) is 5.02 Å². The molecular formula is C13H14Cl2FN3. The Hall–Kier alpha value is -1.10. The third-order valence-electron chi connectivity index (χ3n) is 2.89. The number of rotatable bonds is 2. The largest absolute Gasteiger partial charge is 0.401 e. The second-order valence-corrected chi connectivity index (χ2v) is 4.90. The lowest BCUT2D eigenvalue weighted by atomic mass is 10.0. The maximum Gasteiger partial charge on any atom is 0.141 e. The van der Waals surface area contributed by atoms with Gasteiger partial charge in [-0.1, -0.05) is 11.6 Å². The molecule has 0 unspecified atom stereocenters. The molecule has 0 amide bonds. The fourth-order valence-electron chi connectivity index (χ4n) is 1.92. The number of hydrogen-bond acceptors (Lipinski definition) is 3. The van der Waals surface area contributed by atoms with Gasteiger partial charge in [-0.2, -0.15) is 0 Å². The van der Waals surface area contributed by atoms with Gasteiger partial charge in [-0.3, -0.25) is 4.99 Å². The molecule has 1 aliphatic heterocycles. The van der Waals surface area contributed by atoms with Crippen LogP contribution >= 0.6 is 23.2 Å². The number of halogens is 3. The van der Waals surface area contributed by atoms with E-state index in [0.29, 0.717) is 17.9 Å². The number of alkyl halides is 1. The molecule has 1 heterocycles. The van der Waals surface area contributed by atoms with Crippen LogP contribution in [0.5, 0.6) is 0 Å². The van der Waals surface area contributed by atoms with Crippen LogP contribution in [0.3, 0.4) is 0 Å². The highest BCUT2D eigenvalue weighted by atomic mass is 35.5. The summed E-state index contributed by atoms with van der Waals surface area (Å²) in [6, 6.07) is 4.37. The predicted octanol–water partition coefficient (Wildman–Crippen LogP) is 3.00. The molecule has 19 heavy (non-hydrogen) atoms. The lowest BCUT2D eigenvalue weighted by molar-refractivity contribution is 0.628. The maximum absolute atomic E-state index is 13.1. The van der Waals surface area contributed by atoms with E-state index < -0.39 is 5.82 Å². The van der Waals surface area contributed by atoms with Crippen molar-refractivity contribution in [3.8, 4) is 0 Å². The molecule has 0 spiro atoms. The van der Waals surface area contributed by atoms with Crippen LogP contribution in [0.25, 0.3) is 0 Å². The van der Waals surface area contributed by atoms with Gasteiger partial charge in [0.05, 0.1) is 22.3 Å². The number of piperidine rings is 1. The molecule has 1 aromatic rings. The smallest absolute Gasteiger partial charge is 0.141 e. The van der Waals surface area contributed by atoms with Crippen molar-refractivity contribution in [2.45, 2.75) is 6.42 Å². The van der Waals surface area contributed by atoms with Crippen molar-refractivity contribution in [2.75, 3.05) is 19.0 Å². The van der Waals surface area contributed by atoms with Crippen LogP contribution in [0.4, 0.5) is 10.1 Å². The molecule has 1 aromatic carbocycles. The Morgan fingerprint density at radius 3 is 2.95 bits per heavy atom. The standard InChI is InChI=1S/C13H14Cl2FN3/c14-6-12(17)9-3-4-18-7-13(9)19-8-1-2-11(16)10(15)5-8/h1-2,5,18H,3-4,6-7,17H2/b12-9-,19-13?. The zero-order valence-electron chi connectivity index (χ0n) is 10.2. The summed E-state index contributed by atoms with van der Waals surface area (Å²) < 4.78 is 13.1. The number of aliphatic imine (C=N–C) groups is 1. The molecule has 6 heteroatoms. The molecule has 2 rings (SSSR count). The van der Waals surface area contributed by atoms with Crippen LogP contribution in [0.15, 0.2) is 34.5 Å². The Morgan fingerprint density at radius 2 is 2.26 bits per heavy atom. The van der Waals surface area contributed by atoms with Crippen molar-refractivity contribution in [1.82, 2.24) is 5.32 Å². The van der Waals surface area contributed by atoms with Gasteiger partial charge in [-0.15, -0.1) is 11.6 Å². The maximum atomic E-state index is 13.1. The van der Waals surface area contributed by atoms with Gasteiger partial charge >= 0.3 is 0 Å². The van der Waals surface area contributed by atoms with Crippen molar-refractivity contribution in [3.05, 3.63) is 40.3 Å². The quantitative estimate of drug-likeness (QED) is 0.825. The van der Waals surface area contributed by atoms with E-state index in [9.17, 15) is 4.39 Å². The summed E-state index contributed by atoms with van der Waals surface area (Å²) in [6.45, 7) is 1.46. The number of nitrogens with one attached hydrogen (secondary N) is 1. The van der Waals surface area contributed by atoms with Crippen LogP contribution in [-0.2, 0) is 0 Å². The number of allylic oxidation sites excluding steroid dienone is 1. The van der Waals surface area contributed by atoms with Gasteiger partial charge in [0.25, 0.3) is 0 Å². The minimum absolute atomic E-state index is 0.0569. The topological polar surface area (TPSA) is 50.4 Å². The summed E-state index contributed by atoms with van der Waals surface area (Å²) >= 11 is 11.5. The van der Waals surface area contributed by atoms with E-state index in [0.717, 1.165) is 24.3 Å². The third kappa shape index (κ3) is 3.47. The molecule has 0 aromatic heterocycles. The zero-order valence-corrected chi connectivity index (χ0v) is 11.7. The summed E-state index contributed by atoms with van der Waals surface area (Å²) in [4.78, 5) is 4.48. The second kappa shape index (κ2) is 6.37. The van der Waals surface area contributed by atoms with Crippen molar-refractivity contribution in [3.63, 3.8) is 0 Å². The molecule has 1 saturated heterocycles. The SMILES string of the molecule is N/C(CCl)=C1/CCNCC1=Nc1ccc(F)c(Cl)c1. The first-order valence-electron chi connectivity index (χ1n) is 5.89. The molecular weight excluding hydrogens is 288 g/mol. The molecule has 1 aliphatic rings.